The van der Waals surface area contributed by atoms with Crippen molar-refractivity contribution >= 4 is 60.1 Å². The largest absolute Gasteiger partial charge is 0.337 e. The van der Waals surface area contributed by atoms with Gasteiger partial charge in [0.25, 0.3) is 0 Å². The van der Waals surface area contributed by atoms with E-state index in [4.69, 9.17) is 16.6 Å². The summed E-state index contributed by atoms with van der Waals surface area (Å²) in [7, 11) is 0. The van der Waals surface area contributed by atoms with E-state index in [-0.39, 0.29) is 0 Å². The monoisotopic (exact) mass is 438 g/mol. The molecule has 0 aliphatic rings. The lowest BCUT2D eigenvalue weighted by Crippen LogP contribution is -1.87. The van der Waals surface area contributed by atoms with Crippen molar-refractivity contribution in [2.24, 2.45) is 0 Å². The number of benzene rings is 4. The van der Waals surface area contributed by atoms with Crippen LogP contribution in [-0.4, -0.2) is 9.97 Å². The Labute approximate surface area is 168 Å². The lowest BCUT2D eigenvalue weighted by Gasteiger charge is -2.07. The van der Waals surface area contributed by atoms with Gasteiger partial charge in [0.05, 0.1) is 21.6 Å². The van der Waals surface area contributed by atoms with Gasteiger partial charge in [-0.1, -0.05) is 63.4 Å². The SMILES string of the molecule is Cc1ccc2c(c1)c1cc(Br)ccc1c1nc(-c3c(F)cccc3Cl)[nH]c21. The van der Waals surface area contributed by atoms with Gasteiger partial charge in [0.1, 0.15) is 11.6 Å². The molecule has 1 aromatic heterocycles. The van der Waals surface area contributed by atoms with Crippen molar-refractivity contribution in [3.8, 4) is 11.4 Å². The highest BCUT2D eigenvalue weighted by Gasteiger charge is 2.18. The Balaban J connectivity index is 1.98. The van der Waals surface area contributed by atoms with Gasteiger partial charge in [-0.2, -0.15) is 0 Å². The second-order valence-corrected chi connectivity index (χ2v) is 7.97. The minimum absolute atomic E-state index is 0.292. The van der Waals surface area contributed by atoms with Crippen LogP contribution in [0, 0.1) is 12.7 Å². The van der Waals surface area contributed by atoms with Crippen molar-refractivity contribution in [2.75, 3.05) is 0 Å². The van der Waals surface area contributed by atoms with Crippen molar-refractivity contribution in [3.05, 3.63) is 75.5 Å². The second-order valence-electron chi connectivity index (χ2n) is 6.64. The quantitative estimate of drug-likeness (QED) is 0.271. The van der Waals surface area contributed by atoms with Crippen LogP contribution in [0.5, 0.6) is 0 Å². The Bertz CT molecular complexity index is 1270. The molecule has 0 saturated heterocycles. The van der Waals surface area contributed by atoms with Gasteiger partial charge in [0, 0.05) is 15.2 Å². The van der Waals surface area contributed by atoms with Crippen LogP contribution in [0.3, 0.4) is 0 Å². The van der Waals surface area contributed by atoms with Gasteiger partial charge in [-0.15, -0.1) is 0 Å². The van der Waals surface area contributed by atoms with Crippen LogP contribution in [0.2, 0.25) is 5.02 Å². The maximum absolute atomic E-state index is 14.4. The van der Waals surface area contributed by atoms with E-state index in [2.05, 4.69) is 52.1 Å². The molecule has 0 radical (unpaired) electrons. The molecule has 27 heavy (non-hydrogen) atoms. The first-order valence-corrected chi connectivity index (χ1v) is 9.66. The van der Waals surface area contributed by atoms with Crippen molar-refractivity contribution in [3.63, 3.8) is 0 Å². The van der Waals surface area contributed by atoms with Crippen LogP contribution in [0.15, 0.2) is 59.1 Å². The molecule has 0 spiro atoms. The Morgan fingerprint density at radius 3 is 2.56 bits per heavy atom. The summed E-state index contributed by atoms with van der Waals surface area (Å²) in [6.45, 7) is 2.07. The van der Waals surface area contributed by atoms with Crippen LogP contribution in [0.4, 0.5) is 4.39 Å². The van der Waals surface area contributed by atoms with Gasteiger partial charge < -0.3 is 4.98 Å². The first-order chi connectivity index (χ1) is 13.0. The lowest BCUT2D eigenvalue weighted by atomic mass is 9.98. The van der Waals surface area contributed by atoms with Crippen LogP contribution in [0.25, 0.3) is 44.0 Å². The fraction of sp³-hybridized carbons (Fsp3) is 0.0455. The first kappa shape index (κ1) is 16.7. The average Bonchev–Trinajstić information content (AvgIpc) is 3.06. The molecule has 1 heterocycles. The van der Waals surface area contributed by atoms with Gasteiger partial charge in [-0.25, -0.2) is 9.37 Å². The van der Waals surface area contributed by atoms with E-state index in [0.29, 0.717) is 16.4 Å². The van der Waals surface area contributed by atoms with Gasteiger partial charge in [-0.05, 0) is 42.0 Å². The number of rotatable bonds is 1. The molecule has 0 atom stereocenters. The van der Waals surface area contributed by atoms with E-state index < -0.39 is 5.82 Å². The molecule has 0 unspecified atom stereocenters. The van der Waals surface area contributed by atoms with E-state index >= 15 is 0 Å². The minimum atomic E-state index is -0.395. The number of nitrogens with one attached hydrogen (secondary N) is 1. The summed E-state index contributed by atoms with van der Waals surface area (Å²) < 4.78 is 15.5. The number of imidazole rings is 1. The highest BCUT2D eigenvalue weighted by molar-refractivity contribution is 9.10. The fourth-order valence-electron chi connectivity index (χ4n) is 3.65. The van der Waals surface area contributed by atoms with Gasteiger partial charge >= 0.3 is 0 Å². The lowest BCUT2D eigenvalue weighted by molar-refractivity contribution is 0.630. The summed E-state index contributed by atoms with van der Waals surface area (Å²) in [5, 5.41) is 4.64. The smallest absolute Gasteiger partial charge is 0.143 e. The van der Waals surface area contributed by atoms with Crippen molar-refractivity contribution < 1.29 is 4.39 Å². The Hall–Kier alpha value is -2.43. The normalized spacial score (nSPS) is 11.7. The maximum atomic E-state index is 14.4. The van der Waals surface area contributed by atoms with Gasteiger partial charge in [0.2, 0.25) is 0 Å². The van der Waals surface area contributed by atoms with E-state index in [1.165, 1.54) is 11.6 Å². The van der Waals surface area contributed by atoms with Gasteiger partial charge in [-0.3, -0.25) is 0 Å². The molecule has 1 N–H and O–H groups in total. The minimum Gasteiger partial charge on any atom is -0.337 e. The molecule has 5 heteroatoms. The summed E-state index contributed by atoms with van der Waals surface area (Å²) in [5.74, 6) is 0.0409. The zero-order valence-corrected chi connectivity index (χ0v) is 16.6. The third-order valence-electron chi connectivity index (χ3n) is 4.87. The topological polar surface area (TPSA) is 28.7 Å². The Morgan fingerprint density at radius 2 is 1.74 bits per heavy atom. The predicted octanol–water partition coefficient (Wildman–Crippen LogP) is 7.40. The number of hydrogen-bond acceptors (Lipinski definition) is 1. The van der Waals surface area contributed by atoms with Crippen LogP contribution in [0.1, 0.15) is 5.56 Å². The average molecular weight is 440 g/mol. The molecule has 0 amide bonds. The molecule has 0 aliphatic carbocycles. The number of hydrogen-bond donors (Lipinski definition) is 1. The van der Waals surface area contributed by atoms with Crippen molar-refractivity contribution in [2.45, 2.75) is 6.92 Å². The molecule has 2 nitrogen and oxygen atoms in total. The van der Waals surface area contributed by atoms with E-state index in [9.17, 15) is 4.39 Å². The number of fused-ring (bicyclic) bond motifs is 6. The molecule has 0 bridgehead atoms. The molecule has 132 valence electrons. The Morgan fingerprint density at radius 1 is 0.963 bits per heavy atom. The van der Waals surface area contributed by atoms with Gasteiger partial charge in [0.15, 0.2) is 0 Å². The second kappa shape index (κ2) is 6.04. The third kappa shape index (κ3) is 2.55. The van der Waals surface area contributed by atoms with Crippen molar-refractivity contribution in [1.29, 1.82) is 0 Å². The summed E-state index contributed by atoms with van der Waals surface area (Å²) in [6, 6.07) is 17.1. The summed E-state index contributed by atoms with van der Waals surface area (Å²) in [5.41, 5.74) is 3.17. The van der Waals surface area contributed by atoms with E-state index in [0.717, 1.165) is 37.1 Å². The molecular formula is C22H13BrClFN2. The molecule has 0 aliphatic heterocycles. The highest BCUT2D eigenvalue weighted by Crippen LogP contribution is 2.38. The van der Waals surface area contributed by atoms with Crippen LogP contribution >= 0.6 is 27.5 Å². The zero-order chi connectivity index (χ0) is 18.7. The molecular weight excluding hydrogens is 427 g/mol. The number of halogens is 3. The van der Waals surface area contributed by atoms with Crippen LogP contribution in [-0.2, 0) is 0 Å². The highest BCUT2D eigenvalue weighted by atomic mass is 79.9. The molecule has 4 aromatic carbocycles. The summed E-state index contributed by atoms with van der Waals surface area (Å²) >= 11 is 9.83. The van der Waals surface area contributed by atoms with Crippen LogP contribution < -0.4 is 0 Å². The number of nitrogens with zero attached hydrogens (tertiary/aromatic N) is 1. The summed E-state index contributed by atoms with van der Waals surface area (Å²) in [4.78, 5) is 8.06. The maximum Gasteiger partial charge on any atom is 0.143 e. The summed E-state index contributed by atoms with van der Waals surface area (Å²) in [6.07, 6.45) is 0. The Kier molecular flexibility index (Phi) is 3.74. The third-order valence-corrected chi connectivity index (χ3v) is 5.68. The standard InChI is InChI=1S/C22H13BrClFN2/c1-11-5-7-13-15(9-11)16-10-12(23)6-8-14(16)21-20(13)26-22(27-21)19-17(24)3-2-4-18(19)25/h2-10H,1H3,(H,26,27). The van der Waals surface area contributed by atoms with Crippen molar-refractivity contribution in [1.82, 2.24) is 9.97 Å². The number of aryl methyl sites for hydroxylation is 1. The van der Waals surface area contributed by atoms with E-state index in [1.807, 2.05) is 12.1 Å². The predicted molar refractivity (Wildman–Crippen MR) is 114 cm³/mol. The molecule has 5 aromatic rings. The molecule has 0 fully saturated rings. The number of H-pyrrole nitrogens is 1. The fourth-order valence-corrected chi connectivity index (χ4v) is 4.26. The molecule has 5 rings (SSSR count). The molecule has 0 saturated carbocycles. The first-order valence-electron chi connectivity index (χ1n) is 8.48. The zero-order valence-electron chi connectivity index (χ0n) is 14.3. The van der Waals surface area contributed by atoms with E-state index in [1.54, 1.807) is 12.1 Å². The number of aromatic nitrogens is 2. The number of aromatic amines is 1.